The summed E-state index contributed by atoms with van der Waals surface area (Å²) in [5, 5.41) is 3.85. The molecule has 3 nitrogen and oxygen atoms in total. The van der Waals surface area contributed by atoms with E-state index in [1.54, 1.807) is 51.4 Å². The number of hydrogen-bond acceptors (Lipinski definition) is 3. The lowest BCUT2D eigenvalue weighted by Crippen LogP contribution is -2.53. The Balaban J connectivity index is 1.01. The summed E-state index contributed by atoms with van der Waals surface area (Å²) in [5.74, 6) is 6.25. The number of rotatable bonds is 3. The lowest BCUT2D eigenvalue weighted by Gasteiger charge is -2.47. The Morgan fingerprint density at radius 3 is 1.53 bits per heavy atom. The molecule has 0 aromatic rings. The molecule has 8 fully saturated rings. The van der Waals surface area contributed by atoms with Crippen LogP contribution in [0.5, 0.6) is 0 Å². The summed E-state index contributed by atoms with van der Waals surface area (Å²) in [6, 6.07) is 5.61. The van der Waals surface area contributed by atoms with Crippen LogP contribution in [0.15, 0.2) is 0 Å². The van der Waals surface area contributed by atoms with E-state index in [1.165, 1.54) is 96.6 Å². The smallest absolute Gasteiger partial charge is 0.0258 e. The number of nitrogens with one attached hydrogen (secondary N) is 1. The van der Waals surface area contributed by atoms with E-state index in [2.05, 4.69) is 15.1 Å². The van der Waals surface area contributed by atoms with Crippen LogP contribution < -0.4 is 5.32 Å². The summed E-state index contributed by atoms with van der Waals surface area (Å²) in [6.45, 7) is 2.59. The van der Waals surface area contributed by atoms with Gasteiger partial charge in [0.05, 0.1) is 0 Å². The fraction of sp³-hybridized carbons (Fsp3) is 1.00. The van der Waals surface area contributed by atoms with Crippen LogP contribution in [0.1, 0.15) is 135 Å². The third-order valence-corrected chi connectivity index (χ3v) is 14.4. The number of nitrogens with zero attached hydrogens (tertiary/aromatic N) is 2. The maximum absolute atomic E-state index is 3.85. The molecule has 3 heteroatoms. The first-order valence-electron chi connectivity index (χ1n) is 18.1. The molecule has 8 aliphatic rings. The highest BCUT2D eigenvalue weighted by Gasteiger charge is 2.56. The Morgan fingerprint density at radius 1 is 0.395 bits per heavy atom. The van der Waals surface area contributed by atoms with Gasteiger partial charge in [-0.25, -0.2) is 0 Å². The highest BCUT2D eigenvalue weighted by atomic mass is 15.3. The van der Waals surface area contributed by atoms with Crippen molar-refractivity contribution < 1.29 is 0 Å². The second-order valence-corrected chi connectivity index (χ2v) is 15.8. The minimum Gasteiger partial charge on any atom is -0.315 e. The minimum absolute atomic E-state index is 0.871. The van der Waals surface area contributed by atoms with E-state index in [0.29, 0.717) is 0 Å². The predicted molar refractivity (Wildman–Crippen MR) is 157 cm³/mol. The summed E-state index contributed by atoms with van der Waals surface area (Å²) >= 11 is 0. The molecule has 0 aromatic carbocycles. The van der Waals surface area contributed by atoms with Crippen LogP contribution in [0, 0.1) is 35.5 Å². The summed E-state index contributed by atoms with van der Waals surface area (Å²) in [5.41, 5.74) is 0. The van der Waals surface area contributed by atoms with E-state index < -0.39 is 0 Å². The predicted octanol–water partition coefficient (Wildman–Crippen LogP) is 7.39. The molecule has 10 atom stereocenters. The van der Waals surface area contributed by atoms with Gasteiger partial charge in [-0.2, -0.15) is 0 Å². The number of fused-ring (bicyclic) bond motifs is 6. The Morgan fingerprint density at radius 2 is 0.895 bits per heavy atom. The van der Waals surface area contributed by atoms with Crippen LogP contribution in [-0.4, -0.2) is 59.1 Å². The first kappa shape index (κ1) is 25.6. The normalized spacial score (nSPS) is 49.3. The van der Waals surface area contributed by atoms with Crippen molar-refractivity contribution in [2.24, 2.45) is 35.5 Å². The first-order chi connectivity index (χ1) is 18.9. The molecular weight excluding hydrogens is 462 g/mol. The van der Waals surface area contributed by atoms with Crippen molar-refractivity contribution in [3.8, 4) is 0 Å². The van der Waals surface area contributed by atoms with Crippen molar-refractivity contribution in [3.05, 3.63) is 0 Å². The molecule has 8 rings (SSSR count). The maximum Gasteiger partial charge on any atom is 0.0258 e. The molecule has 3 saturated heterocycles. The molecule has 0 aromatic heterocycles. The second kappa shape index (κ2) is 10.9. The van der Waals surface area contributed by atoms with Crippen LogP contribution in [0.4, 0.5) is 0 Å². The largest absolute Gasteiger partial charge is 0.315 e. The molecule has 0 spiro atoms. The molecule has 0 amide bonds. The highest BCUT2D eigenvalue weighted by molar-refractivity contribution is 5.10. The summed E-state index contributed by atoms with van der Waals surface area (Å²) in [6.07, 6.45) is 32.2. The maximum atomic E-state index is 3.85. The minimum atomic E-state index is 0.871. The lowest BCUT2D eigenvalue weighted by atomic mass is 9.63. The van der Waals surface area contributed by atoms with E-state index in [1.807, 2.05) is 0 Å². The topological polar surface area (TPSA) is 18.5 Å². The molecular formula is C35H59N3. The Kier molecular flexibility index (Phi) is 7.36. The summed E-state index contributed by atoms with van der Waals surface area (Å²) in [7, 11) is 0. The second-order valence-electron chi connectivity index (χ2n) is 15.8. The fourth-order valence-electron chi connectivity index (χ4n) is 13.0. The van der Waals surface area contributed by atoms with Gasteiger partial charge in [0.1, 0.15) is 0 Å². The van der Waals surface area contributed by atoms with Crippen LogP contribution in [0.25, 0.3) is 0 Å². The molecule has 214 valence electrons. The zero-order valence-electron chi connectivity index (χ0n) is 24.6. The molecule has 38 heavy (non-hydrogen) atoms. The Labute approximate surface area is 234 Å². The molecule has 0 radical (unpaired) electrons. The van der Waals surface area contributed by atoms with Gasteiger partial charge in [-0.1, -0.05) is 51.4 Å². The van der Waals surface area contributed by atoms with Gasteiger partial charge in [-0.15, -0.1) is 0 Å². The van der Waals surface area contributed by atoms with Crippen molar-refractivity contribution in [2.75, 3.05) is 13.1 Å². The van der Waals surface area contributed by atoms with Crippen LogP contribution in [0.3, 0.4) is 0 Å². The standard InChI is InChI=1S/C35H59N3/c1-3-9-26(10-4-1)37-32-14-8-7-13-28(32)29-17-15-24(21-33(29)37)25-16-18-30-31-19-20-36-23-35(31)38(34(30)22-25)27-11-5-2-6-12-27/h24-36H,1-23H2. The molecule has 3 aliphatic heterocycles. The van der Waals surface area contributed by atoms with E-state index >= 15 is 0 Å². The molecule has 1 N–H and O–H groups in total. The van der Waals surface area contributed by atoms with Crippen molar-refractivity contribution in [1.82, 2.24) is 15.1 Å². The van der Waals surface area contributed by atoms with Crippen molar-refractivity contribution >= 4 is 0 Å². The van der Waals surface area contributed by atoms with E-state index in [4.69, 9.17) is 0 Å². The zero-order chi connectivity index (χ0) is 25.1. The SMILES string of the molecule is C1CCC(N2C3CCCCC3C3CCC(C4CCC5C6CCNCC6N(C6CCCCC6)C5C4)CC32)CC1. The highest BCUT2D eigenvalue weighted by Crippen LogP contribution is 2.56. The molecule has 10 unspecified atom stereocenters. The third-order valence-electron chi connectivity index (χ3n) is 14.4. The lowest BCUT2D eigenvalue weighted by molar-refractivity contribution is 0.0193. The Bertz CT molecular complexity index is 735. The van der Waals surface area contributed by atoms with Gasteiger partial charge in [0.2, 0.25) is 0 Å². The van der Waals surface area contributed by atoms with E-state index in [9.17, 15) is 0 Å². The first-order valence-corrected chi connectivity index (χ1v) is 18.1. The molecule has 5 aliphatic carbocycles. The molecule has 0 bridgehead atoms. The van der Waals surface area contributed by atoms with Crippen molar-refractivity contribution in [1.29, 1.82) is 0 Å². The van der Waals surface area contributed by atoms with Crippen molar-refractivity contribution in [2.45, 2.75) is 171 Å². The summed E-state index contributed by atoms with van der Waals surface area (Å²) < 4.78 is 0. The van der Waals surface area contributed by atoms with Gasteiger partial charge in [0.25, 0.3) is 0 Å². The molecule has 5 saturated carbocycles. The fourth-order valence-corrected chi connectivity index (χ4v) is 13.0. The monoisotopic (exact) mass is 521 g/mol. The van der Waals surface area contributed by atoms with Crippen LogP contribution in [0.2, 0.25) is 0 Å². The van der Waals surface area contributed by atoms with Crippen molar-refractivity contribution in [3.63, 3.8) is 0 Å². The van der Waals surface area contributed by atoms with Gasteiger partial charge in [-0.05, 0) is 126 Å². The van der Waals surface area contributed by atoms with Gasteiger partial charge in [-0.3, -0.25) is 9.80 Å². The third kappa shape index (κ3) is 4.38. The van der Waals surface area contributed by atoms with Gasteiger partial charge in [0, 0.05) is 42.8 Å². The number of likely N-dealkylation sites (tertiary alicyclic amines) is 2. The van der Waals surface area contributed by atoms with Gasteiger partial charge >= 0.3 is 0 Å². The van der Waals surface area contributed by atoms with E-state index in [-0.39, 0.29) is 0 Å². The van der Waals surface area contributed by atoms with E-state index in [0.717, 1.165) is 71.8 Å². The molecule has 3 heterocycles. The quantitative estimate of drug-likeness (QED) is 0.418. The number of hydrogen-bond donors (Lipinski definition) is 1. The average molecular weight is 522 g/mol. The summed E-state index contributed by atoms with van der Waals surface area (Å²) in [4.78, 5) is 6.49. The van der Waals surface area contributed by atoms with Gasteiger partial charge < -0.3 is 5.32 Å². The zero-order valence-corrected chi connectivity index (χ0v) is 24.6. The van der Waals surface area contributed by atoms with Crippen LogP contribution >= 0.6 is 0 Å². The Hall–Kier alpha value is -0.120. The average Bonchev–Trinajstić information content (AvgIpc) is 3.50. The van der Waals surface area contributed by atoms with Crippen LogP contribution in [-0.2, 0) is 0 Å². The van der Waals surface area contributed by atoms with Gasteiger partial charge in [0.15, 0.2) is 0 Å². The number of piperidine rings is 1.